The van der Waals surface area contributed by atoms with Crippen LogP contribution in [0.4, 0.5) is 0 Å². The molecular weight excluding hydrogens is 286 g/mol. The van der Waals surface area contributed by atoms with Crippen LogP contribution < -0.4 is 4.74 Å². The summed E-state index contributed by atoms with van der Waals surface area (Å²) >= 11 is 0. The third-order valence-corrected chi connectivity index (χ3v) is 2.81. The fraction of sp³-hybridized carbons (Fsp3) is 0.188. The van der Waals surface area contributed by atoms with Crippen molar-refractivity contribution in [3.05, 3.63) is 64.7 Å². The molecular formula is C16H22O2P2. The van der Waals surface area contributed by atoms with Gasteiger partial charge in [0.05, 0.1) is 5.56 Å². The lowest BCUT2D eigenvalue weighted by Gasteiger charge is -2.11. The number of carbonyl (C=O) groups is 1. The molecule has 2 rings (SSSR count). The Kier molecular flexibility index (Phi) is 7.64. The summed E-state index contributed by atoms with van der Waals surface area (Å²) in [5.74, 6) is 0.347. The van der Waals surface area contributed by atoms with Crippen molar-refractivity contribution >= 4 is 25.8 Å². The lowest BCUT2D eigenvalue weighted by Crippen LogP contribution is -2.10. The van der Waals surface area contributed by atoms with Gasteiger partial charge >= 0.3 is 5.97 Å². The number of hydrogen-bond acceptors (Lipinski definition) is 2. The van der Waals surface area contributed by atoms with E-state index < -0.39 is 0 Å². The van der Waals surface area contributed by atoms with Gasteiger partial charge in [-0.1, -0.05) is 35.9 Å². The second kappa shape index (κ2) is 8.15. The maximum atomic E-state index is 12.0. The van der Waals surface area contributed by atoms with Crippen molar-refractivity contribution in [2.24, 2.45) is 0 Å². The van der Waals surface area contributed by atoms with Crippen LogP contribution >= 0.6 is 19.8 Å². The number of aryl methyl sites for hydroxylation is 3. The first-order valence-corrected chi connectivity index (χ1v) is 5.93. The van der Waals surface area contributed by atoms with E-state index in [4.69, 9.17) is 4.74 Å². The SMILES string of the molecule is Cc1cc(C)c(OC(=O)c2ccccc2)c(C)c1.P.P. The summed E-state index contributed by atoms with van der Waals surface area (Å²) in [5, 5.41) is 0. The standard InChI is InChI=1S/C16H16O2.2H3P/c1-11-9-12(2)15(13(3)10-11)18-16(17)14-7-5-4-6-8-14;;/h4-10H,1-3H3;2*1H3. The van der Waals surface area contributed by atoms with Gasteiger partial charge < -0.3 is 4.74 Å². The zero-order valence-corrected chi connectivity index (χ0v) is 15.1. The van der Waals surface area contributed by atoms with Gasteiger partial charge in [-0.3, -0.25) is 0 Å². The zero-order valence-electron chi connectivity index (χ0n) is 12.3. The zero-order chi connectivity index (χ0) is 13.1. The third-order valence-electron chi connectivity index (χ3n) is 2.81. The first-order valence-electron chi connectivity index (χ1n) is 5.93. The topological polar surface area (TPSA) is 26.3 Å². The van der Waals surface area contributed by atoms with Crippen LogP contribution in [0, 0.1) is 20.8 Å². The summed E-state index contributed by atoms with van der Waals surface area (Å²) in [4.78, 5) is 12.0. The van der Waals surface area contributed by atoms with Gasteiger partial charge in [0.2, 0.25) is 0 Å². The van der Waals surface area contributed by atoms with E-state index in [1.807, 2.05) is 51.1 Å². The molecule has 0 N–H and O–H groups in total. The Morgan fingerprint density at radius 1 is 0.900 bits per heavy atom. The van der Waals surface area contributed by atoms with Crippen LogP contribution in [0.25, 0.3) is 0 Å². The third kappa shape index (κ3) is 4.40. The van der Waals surface area contributed by atoms with Crippen LogP contribution in [-0.4, -0.2) is 5.97 Å². The highest BCUT2D eigenvalue weighted by Gasteiger charge is 2.12. The molecule has 0 bridgehead atoms. The predicted octanol–water partition coefficient (Wildman–Crippen LogP) is 3.95. The van der Waals surface area contributed by atoms with Gasteiger partial charge in [-0.05, 0) is 44.0 Å². The molecule has 2 atom stereocenters. The second-order valence-electron chi connectivity index (χ2n) is 4.48. The lowest BCUT2D eigenvalue weighted by molar-refractivity contribution is 0.0732. The normalized spacial score (nSPS) is 9.15. The predicted molar refractivity (Wildman–Crippen MR) is 94.3 cm³/mol. The van der Waals surface area contributed by atoms with E-state index in [1.165, 1.54) is 5.56 Å². The van der Waals surface area contributed by atoms with E-state index >= 15 is 0 Å². The molecule has 0 heterocycles. The van der Waals surface area contributed by atoms with Crippen molar-refractivity contribution in [2.45, 2.75) is 20.8 Å². The molecule has 2 aromatic carbocycles. The number of ether oxygens (including phenoxy) is 1. The summed E-state index contributed by atoms with van der Waals surface area (Å²) in [6, 6.07) is 13.1. The smallest absolute Gasteiger partial charge is 0.343 e. The summed E-state index contributed by atoms with van der Waals surface area (Å²) in [7, 11) is 0. The van der Waals surface area contributed by atoms with Gasteiger partial charge in [-0.25, -0.2) is 4.79 Å². The molecule has 0 saturated heterocycles. The summed E-state index contributed by atoms with van der Waals surface area (Å²) in [5.41, 5.74) is 3.70. The minimum absolute atomic E-state index is 0. The molecule has 0 saturated carbocycles. The number of esters is 1. The Bertz CT molecular complexity index is 557. The lowest BCUT2D eigenvalue weighted by atomic mass is 10.1. The highest BCUT2D eigenvalue weighted by molar-refractivity contribution is 6.92. The molecule has 0 amide bonds. The largest absolute Gasteiger partial charge is 0.422 e. The van der Waals surface area contributed by atoms with E-state index in [1.54, 1.807) is 12.1 Å². The monoisotopic (exact) mass is 308 g/mol. The Morgan fingerprint density at radius 3 is 1.90 bits per heavy atom. The van der Waals surface area contributed by atoms with Gasteiger partial charge in [-0.2, -0.15) is 19.8 Å². The van der Waals surface area contributed by atoms with Crippen LogP contribution in [0.15, 0.2) is 42.5 Å². The molecule has 0 aliphatic carbocycles. The fourth-order valence-electron chi connectivity index (χ4n) is 2.05. The Morgan fingerprint density at radius 2 is 1.40 bits per heavy atom. The van der Waals surface area contributed by atoms with Crippen molar-refractivity contribution in [3.8, 4) is 5.75 Å². The first-order chi connectivity index (χ1) is 8.58. The molecule has 108 valence electrons. The van der Waals surface area contributed by atoms with Gasteiger partial charge in [0, 0.05) is 0 Å². The van der Waals surface area contributed by atoms with Gasteiger partial charge in [0.15, 0.2) is 0 Å². The van der Waals surface area contributed by atoms with Crippen LogP contribution in [0.5, 0.6) is 5.75 Å². The van der Waals surface area contributed by atoms with Crippen molar-refractivity contribution < 1.29 is 9.53 Å². The van der Waals surface area contributed by atoms with Gasteiger partial charge in [0.25, 0.3) is 0 Å². The molecule has 0 aliphatic heterocycles. The van der Waals surface area contributed by atoms with Crippen molar-refractivity contribution in [1.82, 2.24) is 0 Å². The second-order valence-corrected chi connectivity index (χ2v) is 4.48. The van der Waals surface area contributed by atoms with E-state index in [9.17, 15) is 4.79 Å². The van der Waals surface area contributed by atoms with Crippen molar-refractivity contribution in [2.75, 3.05) is 0 Å². The average Bonchev–Trinajstić information content (AvgIpc) is 2.34. The van der Waals surface area contributed by atoms with Crippen molar-refractivity contribution in [1.29, 1.82) is 0 Å². The molecule has 2 aromatic rings. The Labute approximate surface area is 127 Å². The van der Waals surface area contributed by atoms with Crippen LogP contribution in [0.3, 0.4) is 0 Å². The fourth-order valence-corrected chi connectivity index (χ4v) is 2.05. The minimum atomic E-state index is -0.314. The van der Waals surface area contributed by atoms with Crippen LogP contribution in [-0.2, 0) is 0 Å². The number of hydrogen-bond donors (Lipinski definition) is 0. The summed E-state index contributed by atoms with van der Waals surface area (Å²) in [6.45, 7) is 5.93. The summed E-state index contributed by atoms with van der Waals surface area (Å²) in [6.07, 6.45) is 0. The summed E-state index contributed by atoms with van der Waals surface area (Å²) < 4.78 is 5.48. The molecule has 0 radical (unpaired) electrons. The molecule has 2 nitrogen and oxygen atoms in total. The highest BCUT2D eigenvalue weighted by Crippen LogP contribution is 2.25. The number of benzene rings is 2. The van der Waals surface area contributed by atoms with Crippen LogP contribution in [0.2, 0.25) is 0 Å². The Balaban J connectivity index is 0.00000180. The molecule has 0 aromatic heterocycles. The number of carbonyl (C=O) groups excluding carboxylic acids is 1. The molecule has 0 spiro atoms. The highest BCUT2D eigenvalue weighted by atomic mass is 31.0. The minimum Gasteiger partial charge on any atom is -0.422 e. The number of rotatable bonds is 2. The van der Waals surface area contributed by atoms with Gasteiger partial charge in [-0.15, -0.1) is 0 Å². The van der Waals surface area contributed by atoms with E-state index in [2.05, 4.69) is 0 Å². The van der Waals surface area contributed by atoms with E-state index in [0.717, 1.165) is 11.1 Å². The van der Waals surface area contributed by atoms with Gasteiger partial charge in [0.1, 0.15) is 5.75 Å². The maximum Gasteiger partial charge on any atom is 0.343 e. The molecule has 0 fully saturated rings. The molecule has 2 unspecified atom stereocenters. The maximum absolute atomic E-state index is 12.0. The average molecular weight is 308 g/mol. The van der Waals surface area contributed by atoms with Crippen molar-refractivity contribution in [3.63, 3.8) is 0 Å². The Hall–Kier alpha value is -1.23. The molecule has 4 heteroatoms. The molecule has 20 heavy (non-hydrogen) atoms. The quantitative estimate of drug-likeness (QED) is 0.477. The first kappa shape index (κ1) is 18.8. The molecule has 0 aliphatic rings. The van der Waals surface area contributed by atoms with E-state index in [0.29, 0.717) is 11.3 Å². The van der Waals surface area contributed by atoms with E-state index in [-0.39, 0.29) is 25.8 Å². The van der Waals surface area contributed by atoms with Crippen LogP contribution in [0.1, 0.15) is 27.0 Å².